The first kappa shape index (κ1) is 19.7. The Kier molecular flexibility index (Phi) is 6.14. The molecular weight excluding hydrogens is 360 g/mol. The predicted molar refractivity (Wildman–Crippen MR) is 100 cm³/mol. The van der Waals surface area contributed by atoms with Crippen LogP contribution < -0.4 is 5.32 Å². The van der Waals surface area contributed by atoms with E-state index in [9.17, 15) is 14.4 Å². The van der Waals surface area contributed by atoms with Crippen LogP contribution in [0.2, 0.25) is 0 Å². The molecule has 0 spiro atoms. The van der Waals surface area contributed by atoms with E-state index in [4.69, 9.17) is 10.4 Å². The zero-order chi connectivity index (χ0) is 20.1. The molecule has 3 amide bonds. The number of carbonyl (C=O) groups excluding carboxylic acids is 2. The third kappa shape index (κ3) is 4.80. The lowest BCUT2D eigenvalue weighted by molar-refractivity contribution is -0.138. The zero-order valence-corrected chi connectivity index (χ0v) is 15.6. The molecule has 8 nitrogen and oxygen atoms in total. The number of carboxylic acid groups (broad SMARTS) is 1. The second-order valence-corrected chi connectivity index (χ2v) is 7.41. The van der Waals surface area contributed by atoms with E-state index in [1.807, 2.05) is 12.1 Å². The number of nitriles is 1. The fourth-order valence-electron chi connectivity index (χ4n) is 3.84. The Balaban J connectivity index is 1.52. The molecule has 0 saturated carbocycles. The van der Waals surface area contributed by atoms with Crippen molar-refractivity contribution in [3.8, 4) is 6.07 Å². The van der Waals surface area contributed by atoms with Crippen LogP contribution in [0.15, 0.2) is 24.3 Å². The van der Waals surface area contributed by atoms with Crippen LogP contribution in [-0.4, -0.2) is 58.5 Å². The number of urea groups is 1. The van der Waals surface area contributed by atoms with E-state index in [1.54, 1.807) is 21.9 Å². The van der Waals surface area contributed by atoms with Gasteiger partial charge in [-0.25, -0.2) is 4.79 Å². The van der Waals surface area contributed by atoms with E-state index < -0.39 is 12.0 Å². The van der Waals surface area contributed by atoms with Crippen LogP contribution in [-0.2, 0) is 16.1 Å². The molecule has 1 aromatic rings. The van der Waals surface area contributed by atoms with Crippen LogP contribution in [0, 0.1) is 17.2 Å². The molecule has 2 saturated heterocycles. The molecule has 28 heavy (non-hydrogen) atoms. The first-order valence-electron chi connectivity index (χ1n) is 9.51. The van der Waals surface area contributed by atoms with E-state index >= 15 is 0 Å². The number of hydrogen-bond donors (Lipinski definition) is 2. The van der Waals surface area contributed by atoms with Crippen molar-refractivity contribution in [3.63, 3.8) is 0 Å². The molecule has 2 aliphatic heterocycles. The highest BCUT2D eigenvalue weighted by atomic mass is 16.4. The summed E-state index contributed by atoms with van der Waals surface area (Å²) in [6.45, 7) is 2.00. The average molecular weight is 384 g/mol. The minimum Gasteiger partial charge on any atom is -0.481 e. The molecule has 8 heteroatoms. The summed E-state index contributed by atoms with van der Waals surface area (Å²) in [5, 5.41) is 20.6. The van der Waals surface area contributed by atoms with Gasteiger partial charge in [-0.15, -0.1) is 0 Å². The maximum Gasteiger partial charge on any atom is 0.318 e. The van der Waals surface area contributed by atoms with Crippen LogP contribution >= 0.6 is 0 Å². The van der Waals surface area contributed by atoms with Crippen molar-refractivity contribution in [2.45, 2.75) is 38.3 Å². The molecule has 1 aromatic carbocycles. The van der Waals surface area contributed by atoms with E-state index in [0.29, 0.717) is 38.2 Å². The molecule has 2 heterocycles. The zero-order valence-electron chi connectivity index (χ0n) is 15.6. The Hall–Kier alpha value is -3.08. The maximum absolute atomic E-state index is 12.6. The summed E-state index contributed by atoms with van der Waals surface area (Å²) in [6, 6.07) is 8.31. The van der Waals surface area contributed by atoms with Crippen molar-refractivity contribution >= 4 is 17.9 Å². The second-order valence-electron chi connectivity index (χ2n) is 7.41. The molecule has 2 aliphatic rings. The molecule has 0 aromatic heterocycles. The highest BCUT2D eigenvalue weighted by Crippen LogP contribution is 2.21. The van der Waals surface area contributed by atoms with Crippen molar-refractivity contribution in [2.75, 3.05) is 19.6 Å². The number of nitrogens with zero attached hydrogens (tertiary/aromatic N) is 3. The van der Waals surface area contributed by atoms with Crippen LogP contribution in [0.3, 0.4) is 0 Å². The molecule has 0 radical (unpaired) electrons. The minimum absolute atomic E-state index is 0.0378. The lowest BCUT2D eigenvalue weighted by Gasteiger charge is -2.32. The first-order valence-corrected chi connectivity index (χ1v) is 9.51. The Morgan fingerprint density at radius 1 is 1.21 bits per heavy atom. The summed E-state index contributed by atoms with van der Waals surface area (Å²) < 4.78 is 0. The number of benzene rings is 1. The van der Waals surface area contributed by atoms with Gasteiger partial charge < -0.3 is 20.2 Å². The monoisotopic (exact) mass is 384 g/mol. The van der Waals surface area contributed by atoms with Gasteiger partial charge in [-0.3, -0.25) is 9.59 Å². The standard InChI is InChI=1S/C20H24N4O4/c21-11-14-3-5-15(6-4-14)12-23-9-7-17(19(23)27)22-20(28)24-8-1-2-16(13-24)10-18(25)26/h3-6,16-17H,1-2,7-10,12-13H2,(H,22,28)(H,25,26). The predicted octanol–water partition coefficient (Wildman–Crippen LogP) is 1.56. The van der Waals surface area contributed by atoms with Gasteiger partial charge in [0.2, 0.25) is 5.91 Å². The normalized spacial score (nSPS) is 22.0. The fourth-order valence-corrected chi connectivity index (χ4v) is 3.84. The lowest BCUT2D eigenvalue weighted by Crippen LogP contribution is -2.50. The fraction of sp³-hybridized carbons (Fsp3) is 0.500. The number of piperidine rings is 1. The van der Waals surface area contributed by atoms with E-state index in [1.165, 1.54) is 0 Å². The number of amides is 3. The number of aliphatic carboxylic acids is 1. The van der Waals surface area contributed by atoms with Gasteiger partial charge >= 0.3 is 12.0 Å². The van der Waals surface area contributed by atoms with Gasteiger partial charge in [0.25, 0.3) is 0 Å². The SMILES string of the molecule is N#Cc1ccc(CN2CCC(NC(=O)N3CCCC(CC(=O)O)C3)C2=O)cc1. The molecule has 2 unspecified atom stereocenters. The maximum atomic E-state index is 12.6. The van der Waals surface area contributed by atoms with Crippen LogP contribution in [0.5, 0.6) is 0 Å². The van der Waals surface area contributed by atoms with E-state index in [0.717, 1.165) is 18.4 Å². The van der Waals surface area contributed by atoms with E-state index in [-0.39, 0.29) is 24.3 Å². The van der Waals surface area contributed by atoms with Crippen LogP contribution in [0.1, 0.15) is 36.8 Å². The van der Waals surface area contributed by atoms with Crippen molar-refractivity contribution in [2.24, 2.45) is 5.92 Å². The molecule has 2 atom stereocenters. The summed E-state index contributed by atoms with van der Waals surface area (Å²) in [4.78, 5) is 39.4. The molecule has 2 fully saturated rings. The second kappa shape index (κ2) is 8.74. The lowest BCUT2D eigenvalue weighted by atomic mass is 9.95. The summed E-state index contributed by atoms with van der Waals surface area (Å²) in [5.74, 6) is -1.00. The van der Waals surface area contributed by atoms with Gasteiger partial charge in [0.1, 0.15) is 6.04 Å². The summed E-state index contributed by atoms with van der Waals surface area (Å²) in [6.07, 6.45) is 2.18. The average Bonchev–Trinajstić information content (AvgIpc) is 3.02. The van der Waals surface area contributed by atoms with Gasteiger partial charge in [-0.05, 0) is 42.9 Å². The van der Waals surface area contributed by atoms with Crippen LogP contribution in [0.4, 0.5) is 4.79 Å². The summed E-state index contributed by atoms with van der Waals surface area (Å²) >= 11 is 0. The molecule has 2 N–H and O–H groups in total. The summed E-state index contributed by atoms with van der Waals surface area (Å²) in [7, 11) is 0. The topological polar surface area (TPSA) is 114 Å². The van der Waals surface area contributed by atoms with Gasteiger partial charge in [-0.1, -0.05) is 12.1 Å². The molecular formula is C20H24N4O4. The molecule has 0 aliphatic carbocycles. The number of carbonyl (C=O) groups is 3. The Morgan fingerprint density at radius 2 is 1.96 bits per heavy atom. The highest BCUT2D eigenvalue weighted by molar-refractivity contribution is 5.88. The van der Waals surface area contributed by atoms with Crippen molar-refractivity contribution in [1.29, 1.82) is 5.26 Å². The summed E-state index contributed by atoms with van der Waals surface area (Å²) in [5.41, 5.74) is 1.51. The van der Waals surface area contributed by atoms with Crippen molar-refractivity contribution < 1.29 is 19.5 Å². The number of likely N-dealkylation sites (tertiary alicyclic amines) is 2. The van der Waals surface area contributed by atoms with Gasteiger partial charge in [0.15, 0.2) is 0 Å². The van der Waals surface area contributed by atoms with Gasteiger partial charge in [0, 0.05) is 32.6 Å². The number of rotatable bonds is 5. The molecule has 3 rings (SSSR count). The van der Waals surface area contributed by atoms with Crippen LogP contribution in [0.25, 0.3) is 0 Å². The van der Waals surface area contributed by atoms with Crippen molar-refractivity contribution in [3.05, 3.63) is 35.4 Å². The van der Waals surface area contributed by atoms with E-state index in [2.05, 4.69) is 11.4 Å². The Labute approximate surface area is 163 Å². The number of hydrogen-bond acceptors (Lipinski definition) is 4. The third-order valence-electron chi connectivity index (χ3n) is 5.32. The molecule has 0 bridgehead atoms. The van der Waals surface area contributed by atoms with Crippen molar-refractivity contribution in [1.82, 2.24) is 15.1 Å². The third-order valence-corrected chi connectivity index (χ3v) is 5.32. The minimum atomic E-state index is -0.850. The Bertz CT molecular complexity index is 786. The number of nitrogens with one attached hydrogen (secondary N) is 1. The first-order chi connectivity index (χ1) is 13.5. The smallest absolute Gasteiger partial charge is 0.318 e. The van der Waals surface area contributed by atoms with Gasteiger partial charge in [-0.2, -0.15) is 5.26 Å². The quantitative estimate of drug-likeness (QED) is 0.800. The Morgan fingerprint density at radius 3 is 2.64 bits per heavy atom. The highest BCUT2D eigenvalue weighted by Gasteiger charge is 2.34. The molecule has 148 valence electrons. The number of carboxylic acids is 1. The van der Waals surface area contributed by atoms with Gasteiger partial charge in [0.05, 0.1) is 11.6 Å². The largest absolute Gasteiger partial charge is 0.481 e.